The Labute approximate surface area is 186 Å². The maximum absolute atomic E-state index is 13.3. The topological polar surface area (TPSA) is 47.8 Å². The molecule has 0 amide bonds. The summed E-state index contributed by atoms with van der Waals surface area (Å²) in [7, 11) is 0. The highest BCUT2D eigenvalue weighted by atomic mass is 79.9. The van der Waals surface area contributed by atoms with E-state index in [-0.39, 0.29) is 12.3 Å². The Bertz CT molecular complexity index is 1650. The maximum Gasteiger partial charge on any atom is 0.182 e. The van der Waals surface area contributed by atoms with Gasteiger partial charge in [0.1, 0.15) is 5.52 Å². The van der Waals surface area contributed by atoms with Crippen molar-refractivity contribution in [3.05, 3.63) is 95.0 Å². The van der Waals surface area contributed by atoms with Gasteiger partial charge in [-0.15, -0.1) is 0 Å². The number of hydrogen-bond acceptors (Lipinski definition) is 3. The molecule has 4 nitrogen and oxygen atoms in total. The fourth-order valence-electron chi connectivity index (χ4n) is 4.16. The lowest BCUT2D eigenvalue weighted by molar-refractivity contribution is 0.0975. The monoisotopic (exact) mass is 465 g/mol. The van der Waals surface area contributed by atoms with Crippen LogP contribution in [0.3, 0.4) is 0 Å². The summed E-state index contributed by atoms with van der Waals surface area (Å²) in [5.74, 6) is 0.0439. The summed E-state index contributed by atoms with van der Waals surface area (Å²) in [5.41, 5.74) is 4.83. The Kier molecular flexibility index (Phi) is 4.11. The van der Waals surface area contributed by atoms with Crippen LogP contribution in [0.2, 0.25) is 0 Å². The van der Waals surface area contributed by atoms with Gasteiger partial charge in [-0.25, -0.2) is 9.97 Å². The number of hydrogen-bond donors (Lipinski definition) is 0. The molecule has 0 aliphatic heterocycles. The molecule has 0 saturated heterocycles. The molecule has 0 bridgehead atoms. The van der Waals surface area contributed by atoms with Gasteiger partial charge in [0.2, 0.25) is 0 Å². The van der Waals surface area contributed by atoms with E-state index in [1.165, 1.54) is 0 Å². The minimum Gasteiger partial charge on any atom is -0.316 e. The van der Waals surface area contributed by atoms with E-state index < -0.39 is 0 Å². The molecule has 0 atom stereocenters. The molecule has 0 radical (unpaired) electrons. The molecule has 2 heterocycles. The average Bonchev–Trinajstić information content (AvgIpc) is 3.09. The van der Waals surface area contributed by atoms with Crippen LogP contribution in [0, 0.1) is 0 Å². The minimum atomic E-state index is 0.0439. The number of ketones is 1. The number of nitrogens with zero attached hydrogens (tertiary/aromatic N) is 3. The van der Waals surface area contributed by atoms with E-state index in [2.05, 4.69) is 22.0 Å². The van der Waals surface area contributed by atoms with Crippen molar-refractivity contribution >= 4 is 65.6 Å². The SMILES string of the molecule is O=C(Cn1c2ccc(Br)cc2c2nc3ccccc3nc21)c1ccc2ccccc2c1. The van der Waals surface area contributed by atoms with Crippen molar-refractivity contribution in [3.63, 3.8) is 0 Å². The van der Waals surface area contributed by atoms with Crippen LogP contribution in [0.25, 0.3) is 43.9 Å². The molecule has 6 rings (SSSR count). The molecule has 0 spiro atoms. The largest absolute Gasteiger partial charge is 0.316 e. The fraction of sp³-hybridized carbons (Fsp3) is 0.0385. The third kappa shape index (κ3) is 3.01. The minimum absolute atomic E-state index is 0.0439. The number of aromatic nitrogens is 3. The van der Waals surface area contributed by atoms with Crippen LogP contribution < -0.4 is 0 Å². The van der Waals surface area contributed by atoms with Crippen LogP contribution in [0.1, 0.15) is 10.4 Å². The molecule has 0 aliphatic rings. The van der Waals surface area contributed by atoms with Crippen molar-refractivity contribution in [2.75, 3.05) is 0 Å². The number of para-hydroxylation sites is 2. The second-order valence-corrected chi connectivity index (χ2v) is 8.53. The van der Waals surface area contributed by atoms with Gasteiger partial charge >= 0.3 is 0 Å². The second-order valence-electron chi connectivity index (χ2n) is 7.62. The Balaban J connectivity index is 1.54. The molecule has 0 fully saturated rings. The summed E-state index contributed by atoms with van der Waals surface area (Å²) in [5, 5.41) is 3.16. The quantitative estimate of drug-likeness (QED) is 0.279. The molecule has 2 aromatic heterocycles. The van der Waals surface area contributed by atoms with Crippen molar-refractivity contribution in [1.29, 1.82) is 0 Å². The Hall–Kier alpha value is -3.57. The lowest BCUT2D eigenvalue weighted by Crippen LogP contribution is -2.11. The van der Waals surface area contributed by atoms with Crippen LogP contribution in [-0.4, -0.2) is 20.3 Å². The standard InChI is InChI=1S/C26H16BrN3O/c27-19-11-12-23-20(14-19)25-26(29-22-8-4-3-7-21(22)28-25)30(23)15-24(31)18-10-9-16-5-1-2-6-17(16)13-18/h1-14H,15H2. The van der Waals surface area contributed by atoms with Crippen LogP contribution in [0.15, 0.2) is 89.4 Å². The highest BCUT2D eigenvalue weighted by molar-refractivity contribution is 9.10. The molecule has 5 heteroatoms. The maximum atomic E-state index is 13.3. The van der Waals surface area contributed by atoms with Crippen molar-refractivity contribution in [1.82, 2.24) is 14.5 Å². The number of fused-ring (bicyclic) bond motifs is 5. The number of Topliss-reactive ketones (excluding diaryl/α,β-unsaturated/α-hetero) is 1. The molecule has 0 unspecified atom stereocenters. The van der Waals surface area contributed by atoms with E-state index in [0.29, 0.717) is 5.56 Å². The number of rotatable bonds is 3. The van der Waals surface area contributed by atoms with Crippen LogP contribution >= 0.6 is 15.9 Å². The summed E-state index contributed by atoms with van der Waals surface area (Å²) in [6.45, 7) is 0.201. The number of benzene rings is 4. The van der Waals surface area contributed by atoms with Crippen molar-refractivity contribution in [2.24, 2.45) is 0 Å². The first-order valence-corrected chi connectivity index (χ1v) is 10.8. The van der Waals surface area contributed by atoms with E-state index in [4.69, 9.17) is 9.97 Å². The average molecular weight is 466 g/mol. The molecular formula is C26H16BrN3O. The fourth-order valence-corrected chi connectivity index (χ4v) is 4.53. The zero-order valence-electron chi connectivity index (χ0n) is 16.4. The summed E-state index contributed by atoms with van der Waals surface area (Å²) in [6.07, 6.45) is 0. The molecule has 148 valence electrons. The molecule has 4 aromatic carbocycles. The Morgan fingerprint density at radius 1 is 0.806 bits per heavy atom. The predicted octanol–water partition coefficient (Wildman–Crippen LogP) is 6.54. The summed E-state index contributed by atoms with van der Waals surface area (Å²) < 4.78 is 2.95. The lowest BCUT2D eigenvalue weighted by Gasteiger charge is -2.08. The van der Waals surface area contributed by atoms with Crippen molar-refractivity contribution in [3.8, 4) is 0 Å². The van der Waals surface area contributed by atoms with Gasteiger partial charge in [0.25, 0.3) is 0 Å². The smallest absolute Gasteiger partial charge is 0.182 e. The zero-order chi connectivity index (χ0) is 20.9. The first-order chi connectivity index (χ1) is 15.2. The van der Waals surface area contributed by atoms with E-state index in [1.807, 2.05) is 83.4 Å². The van der Waals surface area contributed by atoms with Crippen molar-refractivity contribution < 1.29 is 4.79 Å². The summed E-state index contributed by atoms with van der Waals surface area (Å²) >= 11 is 3.56. The molecular weight excluding hydrogens is 450 g/mol. The molecule has 0 aliphatic carbocycles. The third-order valence-corrected chi connectivity index (χ3v) is 6.18. The van der Waals surface area contributed by atoms with Gasteiger partial charge in [0.05, 0.1) is 23.1 Å². The van der Waals surface area contributed by atoms with Gasteiger partial charge in [0, 0.05) is 15.4 Å². The van der Waals surface area contributed by atoms with Gasteiger partial charge in [-0.2, -0.15) is 0 Å². The first-order valence-electron chi connectivity index (χ1n) is 10.0. The van der Waals surface area contributed by atoms with Crippen LogP contribution in [0.5, 0.6) is 0 Å². The normalized spacial score (nSPS) is 11.6. The molecule has 0 N–H and O–H groups in total. The molecule has 6 aromatic rings. The highest BCUT2D eigenvalue weighted by Crippen LogP contribution is 2.31. The third-order valence-electron chi connectivity index (χ3n) is 5.69. The Morgan fingerprint density at radius 2 is 1.55 bits per heavy atom. The predicted molar refractivity (Wildman–Crippen MR) is 129 cm³/mol. The summed E-state index contributed by atoms with van der Waals surface area (Å²) in [6, 6.07) is 27.8. The van der Waals surface area contributed by atoms with Gasteiger partial charge < -0.3 is 4.57 Å². The second kappa shape index (κ2) is 7.00. The van der Waals surface area contributed by atoms with Crippen molar-refractivity contribution in [2.45, 2.75) is 6.54 Å². The van der Waals surface area contributed by atoms with E-state index >= 15 is 0 Å². The van der Waals surface area contributed by atoms with Gasteiger partial charge in [-0.1, -0.05) is 64.5 Å². The first kappa shape index (κ1) is 18.2. The van der Waals surface area contributed by atoms with Gasteiger partial charge in [-0.3, -0.25) is 4.79 Å². The highest BCUT2D eigenvalue weighted by Gasteiger charge is 2.18. The van der Waals surface area contributed by atoms with Gasteiger partial charge in [-0.05, 0) is 47.2 Å². The van der Waals surface area contributed by atoms with Gasteiger partial charge in [0.15, 0.2) is 11.4 Å². The molecule has 31 heavy (non-hydrogen) atoms. The molecule has 0 saturated carbocycles. The zero-order valence-corrected chi connectivity index (χ0v) is 18.0. The summed E-state index contributed by atoms with van der Waals surface area (Å²) in [4.78, 5) is 23.0. The Morgan fingerprint density at radius 3 is 2.39 bits per heavy atom. The van der Waals surface area contributed by atoms with Crippen LogP contribution in [0.4, 0.5) is 0 Å². The number of carbonyl (C=O) groups excluding carboxylic acids is 1. The lowest BCUT2D eigenvalue weighted by atomic mass is 10.0. The van der Waals surface area contributed by atoms with Crippen LogP contribution in [-0.2, 0) is 6.54 Å². The van der Waals surface area contributed by atoms with E-state index in [1.54, 1.807) is 0 Å². The number of carbonyl (C=O) groups is 1. The number of halogens is 1. The van der Waals surface area contributed by atoms with E-state index in [9.17, 15) is 4.79 Å². The van der Waals surface area contributed by atoms with E-state index in [0.717, 1.165) is 48.3 Å².